The first-order valence-electron chi connectivity index (χ1n) is 4.99. The molecule has 2 rings (SSSR count). The zero-order valence-electron chi connectivity index (χ0n) is 8.71. The predicted molar refractivity (Wildman–Crippen MR) is 61.5 cm³/mol. The summed E-state index contributed by atoms with van der Waals surface area (Å²) in [5.74, 6) is 6.63. The van der Waals surface area contributed by atoms with Crippen LogP contribution in [0.3, 0.4) is 0 Å². The van der Waals surface area contributed by atoms with E-state index in [-0.39, 0.29) is 0 Å². The minimum absolute atomic E-state index is 0.590. The molecule has 0 fully saturated rings. The van der Waals surface area contributed by atoms with Gasteiger partial charge in [-0.15, -0.1) is 0 Å². The molecule has 1 aromatic heterocycles. The van der Waals surface area contributed by atoms with Gasteiger partial charge in [-0.3, -0.25) is 0 Å². The number of fused-ring (bicyclic) bond motifs is 1. The second-order valence-electron chi connectivity index (χ2n) is 3.49. The summed E-state index contributed by atoms with van der Waals surface area (Å²) in [5, 5.41) is 1.10. The van der Waals surface area contributed by atoms with Crippen LogP contribution in [0.2, 0.25) is 0 Å². The summed E-state index contributed by atoms with van der Waals surface area (Å²) in [6, 6.07) is 8.06. The Bertz CT molecular complexity index is 528. The Kier molecular flexibility index (Phi) is 2.75. The van der Waals surface area contributed by atoms with E-state index in [9.17, 15) is 0 Å². The van der Waals surface area contributed by atoms with Crippen molar-refractivity contribution in [2.45, 2.75) is 13.3 Å². The van der Waals surface area contributed by atoms with Gasteiger partial charge in [0.1, 0.15) is 5.58 Å². The molecule has 0 spiro atoms. The fourth-order valence-electron chi connectivity index (χ4n) is 1.45. The van der Waals surface area contributed by atoms with E-state index >= 15 is 0 Å². The molecular weight excluding hydrogens is 186 g/mol. The number of benzene rings is 1. The van der Waals surface area contributed by atoms with Gasteiger partial charge in [-0.1, -0.05) is 17.6 Å². The van der Waals surface area contributed by atoms with Crippen LogP contribution in [0.1, 0.15) is 17.7 Å². The molecule has 0 aliphatic heterocycles. The van der Waals surface area contributed by atoms with Crippen molar-refractivity contribution in [1.29, 1.82) is 0 Å². The quantitative estimate of drug-likeness (QED) is 0.716. The van der Waals surface area contributed by atoms with Crippen molar-refractivity contribution < 1.29 is 4.42 Å². The van der Waals surface area contributed by atoms with Crippen LogP contribution in [-0.4, -0.2) is 6.54 Å². The maximum atomic E-state index is 5.56. The summed E-state index contributed by atoms with van der Waals surface area (Å²) in [6.07, 6.45) is 0.704. The van der Waals surface area contributed by atoms with Gasteiger partial charge in [0.25, 0.3) is 0 Å². The molecule has 0 unspecified atom stereocenters. The number of hydrogen-bond donors (Lipinski definition) is 1. The van der Waals surface area contributed by atoms with Crippen molar-refractivity contribution in [2.75, 3.05) is 6.54 Å². The van der Waals surface area contributed by atoms with Gasteiger partial charge in [-0.05, 0) is 25.0 Å². The lowest BCUT2D eigenvalue weighted by Gasteiger charge is -1.89. The van der Waals surface area contributed by atoms with Crippen LogP contribution in [0.15, 0.2) is 28.7 Å². The Morgan fingerprint density at radius 2 is 2.20 bits per heavy atom. The summed E-state index contributed by atoms with van der Waals surface area (Å²) in [4.78, 5) is 0. The molecule has 1 aromatic carbocycles. The molecule has 76 valence electrons. The van der Waals surface area contributed by atoms with E-state index < -0.39 is 0 Å². The van der Waals surface area contributed by atoms with Crippen LogP contribution < -0.4 is 5.73 Å². The monoisotopic (exact) mass is 199 g/mol. The molecule has 1 heterocycles. The lowest BCUT2D eigenvalue weighted by atomic mass is 10.2. The normalized spacial score (nSPS) is 10.0. The fraction of sp³-hybridized carbons (Fsp3) is 0.231. The van der Waals surface area contributed by atoms with Crippen molar-refractivity contribution in [1.82, 2.24) is 0 Å². The molecule has 2 nitrogen and oxygen atoms in total. The highest BCUT2D eigenvalue weighted by molar-refractivity contribution is 5.79. The molecular formula is C13H13NO. The lowest BCUT2D eigenvalue weighted by molar-refractivity contribution is 0.601. The Morgan fingerprint density at radius 3 is 3.00 bits per heavy atom. The second-order valence-corrected chi connectivity index (χ2v) is 3.49. The van der Waals surface area contributed by atoms with E-state index in [4.69, 9.17) is 10.2 Å². The SMILES string of the molecule is Cc1ccc2oc(C#CCCN)cc2c1. The second kappa shape index (κ2) is 4.20. The Morgan fingerprint density at radius 1 is 1.33 bits per heavy atom. The molecule has 0 aliphatic rings. The lowest BCUT2D eigenvalue weighted by Crippen LogP contribution is -1.95. The molecule has 0 radical (unpaired) electrons. The van der Waals surface area contributed by atoms with Crippen molar-refractivity contribution >= 4 is 11.0 Å². The summed E-state index contributed by atoms with van der Waals surface area (Å²) >= 11 is 0. The molecule has 0 atom stereocenters. The molecule has 15 heavy (non-hydrogen) atoms. The molecule has 0 saturated carbocycles. The van der Waals surface area contributed by atoms with Gasteiger partial charge in [0, 0.05) is 24.4 Å². The molecule has 0 saturated heterocycles. The van der Waals surface area contributed by atoms with Gasteiger partial charge < -0.3 is 10.2 Å². The van der Waals surface area contributed by atoms with Crippen molar-refractivity contribution in [3.8, 4) is 11.8 Å². The Balaban J connectivity index is 2.36. The van der Waals surface area contributed by atoms with Crippen molar-refractivity contribution in [3.05, 3.63) is 35.6 Å². The highest BCUT2D eigenvalue weighted by Crippen LogP contribution is 2.19. The number of aryl methyl sites for hydroxylation is 1. The zero-order valence-corrected chi connectivity index (χ0v) is 8.71. The van der Waals surface area contributed by atoms with Gasteiger partial charge >= 0.3 is 0 Å². The first-order valence-corrected chi connectivity index (χ1v) is 4.99. The molecule has 0 bridgehead atoms. The average molecular weight is 199 g/mol. The van der Waals surface area contributed by atoms with Crippen LogP contribution >= 0.6 is 0 Å². The van der Waals surface area contributed by atoms with Gasteiger partial charge in [0.15, 0.2) is 5.76 Å². The van der Waals surface area contributed by atoms with E-state index in [1.807, 2.05) is 18.2 Å². The predicted octanol–water partition coefficient (Wildman–Crippen LogP) is 2.44. The first-order chi connectivity index (χ1) is 7.29. The van der Waals surface area contributed by atoms with E-state index in [0.717, 1.165) is 11.0 Å². The van der Waals surface area contributed by atoms with Crippen molar-refractivity contribution in [3.63, 3.8) is 0 Å². The largest absolute Gasteiger partial charge is 0.448 e. The summed E-state index contributed by atoms with van der Waals surface area (Å²) in [5.41, 5.74) is 7.47. The van der Waals surface area contributed by atoms with Crippen molar-refractivity contribution in [2.24, 2.45) is 5.73 Å². The summed E-state index contributed by atoms with van der Waals surface area (Å²) < 4.78 is 5.56. The van der Waals surface area contributed by atoms with E-state index in [1.165, 1.54) is 5.56 Å². The van der Waals surface area contributed by atoms with Crippen LogP contribution in [0.5, 0.6) is 0 Å². The standard InChI is InChI=1S/C13H13NO/c1-10-5-6-13-11(8-10)9-12(15-13)4-2-3-7-14/h5-6,8-9H,3,7,14H2,1H3. The van der Waals surface area contributed by atoms with Crippen LogP contribution in [0, 0.1) is 18.8 Å². The summed E-state index contributed by atoms with van der Waals surface area (Å²) in [7, 11) is 0. The van der Waals surface area contributed by atoms with Crippen LogP contribution in [0.4, 0.5) is 0 Å². The first kappa shape index (κ1) is 9.82. The fourth-order valence-corrected chi connectivity index (χ4v) is 1.45. The third kappa shape index (κ3) is 2.20. The third-order valence-corrected chi connectivity index (χ3v) is 2.15. The van der Waals surface area contributed by atoms with E-state index in [2.05, 4.69) is 24.8 Å². The number of furan rings is 1. The summed E-state index contributed by atoms with van der Waals surface area (Å²) in [6.45, 7) is 2.65. The van der Waals surface area contributed by atoms with Crippen LogP contribution in [0.25, 0.3) is 11.0 Å². The van der Waals surface area contributed by atoms with Crippen LogP contribution in [-0.2, 0) is 0 Å². The molecule has 2 heteroatoms. The smallest absolute Gasteiger partial charge is 0.178 e. The number of nitrogens with two attached hydrogens (primary N) is 1. The average Bonchev–Trinajstić information content (AvgIpc) is 2.60. The number of rotatable bonds is 1. The third-order valence-electron chi connectivity index (χ3n) is 2.15. The van der Waals surface area contributed by atoms with E-state index in [1.54, 1.807) is 0 Å². The number of hydrogen-bond acceptors (Lipinski definition) is 2. The molecule has 0 aliphatic carbocycles. The Hall–Kier alpha value is -1.72. The van der Waals surface area contributed by atoms with Gasteiger partial charge in [0.2, 0.25) is 0 Å². The minimum atomic E-state index is 0.590. The zero-order chi connectivity index (χ0) is 10.7. The Labute approximate surface area is 89.1 Å². The molecule has 2 aromatic rings. The highest BCUT2D eigenvalue weighted by Gasteiger charge is 2.00. The molecule has 2 N–H and O–H groups in total. The maximum Gasteiger partial charge on any atom is 0.178 e. The molecule has 0 amide bonds. The van der Waals surface area contributed by atoms with Gasteiger partial charge in [0.05, 0.1) is 0 Å². The minimum Gasteiger partial charge on any atom is -0.448 e. The van der Waals surface area contributed by atoms with Gasteiger partial charge in [-0.25, -0.2) is 0 Å². The topological polar surface area (TPSA) is 39.2 Å². The maximum absolute atomic E-state index is 5.56. The van der Waals surface area contributed by atoms with Gasteiger partial charge in [-0.2, -0.15) is 0 Å². The highest BCUT2D eigenvalue weighted by atomic mass is 16.3. The van der Waals surface area contributed by atoms with E-state index in [0.29, 0.717) is 18.7 Å².